The third-order valence-electron chi connectivity index (χ3n) is 5.09. The molecule has 1 saturated heterocycles. The first kappa shape index (κ1) is 18.2. The number of piperazine rings is 1. The van der Waals surface area contributed by atoms with Gasteiger partial charge < -0.3 is 15.5 Å². The summed E-state index contributed by atoms with van der Waals surface area (Å²) in [5.74, 6) is 0.394. The second-order valence-corrected chi connectivity index (χ2v) is 6.71. The number of nitrogens with two attached hydrogens (primary N) is 1. The Morgan fingerprint density at radius 3 is 2.38 bits per heavy atom. The minimum atomic E-state index is -0.206. The van der Waals surface area contributed by atoms with Crippen LogP contribution in [-0.4, -0.2) is 53.4 Å². The van der Waals surface area contributed by atoms with Gasteiger partial charge in [-0.25, -0.2) is 4.39 Å². The fourth-order valence-electron chi connectivity index (χ4n) is 3.41. The molecule has 1 aromatic carbocycles. The molecule has 0 atom stereocenters. The van der Waals surface area contributed by atoms with Gasteiger partial charge in [0.2, 0.25) is 0 Å². The number of aliphatic imine (C=N–C) groups is 1. The van der Waals surface area contributed by atoms with Crippen molar-refractivity contribution in [1.82, 2.24) is 14.7 Å². The molecular weight excluding hydrogens is 331 g/mol. The van der Waals surface area contributed by atoms with Crippen LogP contribution in [-0.2, 0) is 13.5 Å². The Morgan fingerprint density at radius 2 is 1.81 bits per heavy atom. The van der Waals surface area contributed by atoms with Crippen LogP contribution in [0.5, 0.6) is 0 Å². The molecule has 26 heavy (non-hydrogen) atoms. The molecule has 0 radical (unpaired) electrons. The second-order valence-electron chi connectivity index (χ2n) is 6.71. The number of hydrogen-bond donors (Lipinski definition) is 1. The van der Waals surface area contributed by atoms with E-state index in [1.165, 1.54) is 23.4 Å². The Labute approximate surface area is 154 Å². The van der Waals surface area contributed by atoms with E-state index in [2.05, 4.69) is 26.8 Å². The van der Waals surface area contributed by atoms with Gasteiger partial charge in [0, 0.05) is 51.2 Å². The largest absolute Gasteiger partial charge is 0.370 e. The highest BCUT2D eigenvalue weighted by molar-refractivity contribution is 5.78. The van der Waals surface area contributed by atoms with Crippen LogP contribution in [0.2, 0.25) is 0 Å². The van der Waals surface area contributed by atoms with Crippen LogP contribution in [0.4, 0.5) is 10.1 Å². The normalized spacial score (nSPS) is 15.6. The van der Waals surface area contributed by atoms with Gasteiger partial charge in [0.1, 0.15) is 5.82 Å². The summed E-state index contributed by atoms with van der Waals surface area (Å²) in [6, 6.07) is 6.64. The van der Waals surface area contributed by atoms with E-state index in [9.17, 15) is 4.39 Å². The third kappa shape index (κ3) is 3.98. The standard InChI is InChI=1S/C19H27FN6/c1-14-18(15(2)24(3)23-14)8-9-22-19(21)26-12-10-25(11-13-26)17-6-4-16(20)5-7-17/h4-7H,8-13H2,1-3H3,(H2,21,22). The molecule has 2 aromatic rings. The van der Waals surface area contributed by atoms with Gasteiger partial charge in [0.05, 0.1) is 5.69 Å². The van der Waals surface area contributed by atoms with Crippen molar-refractivity contribution in [3.05, 3.63) is 47.0 Å². The summed E-state index contributed by atoms with van der Waals surface area (Å²) in [6.07, 6.45) is 0.849. The van der Waals surface area contributed by atoms with Crippen LogP contribution in [0.1, 0.15) is 17.0 Å². The maximum Gasteiger partial charge on any atom is 0.191 e. The van der Waals surface area contributed by atoms with Crippen molar-refractivity contribution in [3.8, 4) is 0 Å². The number of nitrogens with zero attached hydrogens (tertiary/aromatic N) is 5. The van der Waals surface area contributed by atoms with Crippen molar-refractivity contribution in [2.24, 2.45) is 17.8 Å². The molecule has 0 aliphatic carbocycles. The molecule has 0 unspecified atom stereocenters. The second kappa shape index (κ2) is 7.76. The zero-order valence-electron chi connectivity index (χ0n) is 15.7. The maximum atomic E-state index is 13.0. The molecular formula is C19H27FN6. The van der Waals surface area contributed by atoms with Gasteiger partial charge in [0.25, 0.3) is 0 Å². The number of guanidine groups is 1. The summed E-state index contributed by atoms with van der Waals surface area (Å²) in [6.45, 7) is 8.11. The number of halogens is 1. The Bertz CT molecular complexity index is 772. The maximum absolute atomic E-state index is 13.0. The zero-order chi connectivity index (χ0) is 18.7. The molecule has 140 valence electrons. The van der Waals surface area contributed by atoms with Gasteiger partial charge in [-0.2, -0.15) is 5.10 Å². The molecule has 3 rings (SSSR count). The van der Waals surface area contributed by atoms with Crippen LogP contribution < -0.4 is 10.6 Å². The van der Waals surface area contributed by atoms with Crippen LogP contribution in [0.15, 0.2) is 29.3 Å². The van der Waals surface area contributed by atoms with Crippen LogP contribution in [0.25, 0.3) is 0 Å². The molecule has 6 nitrogen and oxygen atoms in total. The van der Waals surface area contributed by atoms with Gasteiger partial charge in [-0.3, -0.25) is 9.67 Å². The Balaban J connectivity index is 1.52. The number of hydrogen-bond acceptors (Lipinski definition) is 3. The van der Waals surface area contributed by atoms with Crippen molar-refractivity contribution in [1.29, 1.82) is 0 Å². The fraction of sp³-hybridized carbons (Fsp3) is 0.474. The molecule has 1 aromatic heterocycles. The van der Waals surface area contributed by atoms with E-state index in [-0.39, 0.29) is 5.82 Å². The van der Waals surface area contributed by atoms with Gasteiger partial charge in [-0.15, -0.1) is 0 Å². The van der Waals surface area contributed by atoms with E-state index in [0.29, 0.717) is 12.5 Å². The highest BCUT2D eigenvalue weighted by atomic mass is 19.1. The minimum Gasteiger partial charge on any atom is -0.370 e. The third-order valence-corrected chi connectivity index (χ3v) is 5.09. The van der Waals surface area contributed by atoms with E-state index >= 15 is 0 Å². The highest BCUT2D eigenvalue weighted by Crippen LogP contribution is 2.17. The number of anilines is 1. The average molecular weight is 358 g/mol. The molecule has 1 fully saturated rings. The molecule has 0 spiro atoms. The number of aryl methyl sites for hydroxylation is 2. The fourth-order valence-corrected chi connectivity index (χ4v) is 3.41. The lowest BCUT2D eigenvalue weighted by Crippen LogP contribution is -2.51. The van der Waals surface area contributed by atoms with Crippen LogP contribution in [0.3, 0.4) is 0 Å². The first-order chi connectivity index (χ1) is 12.5. The van der Waals surface area contributed by atoms with E-state index in [1.54, 1.807) is 0 Å². The first-order valence-corrected chi connectivity index (χ1v) is 9.00. The number of benzene rings is 1. The molecule has 1 aliphatic heterocycles. The number of aromatic nitrogens is 2. The Kier molecular flexibility index (Phi) is 5.44. The van der Waals surface area contributed by atoms with E-state index in [0.717, 1.165) is 44.0 Å². The first-order valence-electron chi connectivity index (χ1n) is 9.00. The van der Waals surface area contributed by atoms with Crippen molar-refractivity contribution in [2.45, 2.75) is 20.3 Å². The summed E-state index contributed by atoms with van der Waals surface area (Å²) in [5, 5.41) is 4.44. The summed E-state index contributed by atoms with van der Waals surface area (Å²) in [7, 11) is 1.96. The predicted molar refractivity (Wildman–Crippen MR) is 103 cm³/mol. The molecule has 0 saturated carbocycles. The monoisotopic (exact) mass is 358 g/mol. The van der Waals surface area contributed by atoms with Crippen LogP contribution in [0, 0.1) is 19.7 Å². The van der Waals surface area contributed by atoms with Crippen molar-refractivity contribution in [3.63, 3.8) is 0 Å². The van der Waals surface area contributed by atoms with Crippen molar-refractivity contribution >= 4 is 11.6 Å². The molecule has 2 heterocycles. The highest BCUT2D eigenvalue weighted by Gasteiger charge is 2.18. The topological polar surface area (TPSA) is 62.7 Å². The van der Waals surface area contributed by atoms with E-state index < -0.39 is 0 Å². The van der Waals surface area contributed by atoms with Gasteiger partial charge >= 0.3 is 0 Å². The molecule has 2 N–H and O–H groups in total. The quantitative estimate of drug-likeness (QED) is 0.669. The zero-order valence-corrected chi connectivity index (χ0v) is 15.7. The van der Waals surface area contributed by atoms with Crippen LogP contribution >= 0.6 is 0 Å². The lowest BCUT2D eigenvalue weighted by atomic mass is 10.1. The van der Waals surface area contributed by atoms with E-state index in [1.807, 2.05) is 30.8 Å². The molecule has 7 heteroatoms. The summed E-state index contributed by atoms with van der Waals surface area (Å²) >= 11 is 0. The lowest BCUT2D eigenvalue weighted by molar-refractivity contribution is 0.381. The lowest BCUT2D eigenvalue weighted by Gasteiger charge is -2.36. The minimum absolute atomic E-state index is 0.206. The molecule has 0 amide bonds. The van der Waals surface area contributed by atoms with Gasteiger partial charge in [0.15, 0.2) is 5.96 Å². The molecule has 0 bridgehead atoms. The number of rotatable bonds is 4. The Morgan fingerprint density at radius 1 is 1.15 bits per heavy atom. The predicted octanol–water partition coefficient (Wildman–Crippen LogP) is 1.86. The van der Waals surface area contributed by atoms with Gasteiger partial charge in [-0.1, -0.05) is 0 Å². The summed E-state index contributed by atoms with van der Waals surface area (Å²) in [4.78, 5) is 8.91. The summed E-state index contributed by atoms with van der Waals surface area (Å²) in [5.41, 5.74) is 10.7. The smallest absolute Gasteiger partial charge is 0.191 e. The van der Waals surface area contributed by atoms with Gasteiger partial charge in [-0.05, 0) is 50.1 Å². The van der Waals surface area contributed by atoms with Crippen molar-refractivity contribution < 1.29 is 4.39 Å². The average Bonchev–Trinajstić information content (AvgIpc) is 2.88. The van der Waals surface area contributed by atoms with Crippen molar-refractivity contribution in [2.75, 3.05) is 37.6 Å². The summed E-state index contributed by atoms with van der Waals surface area (Å²) < 4.78 is 15.0. The van der Waals surface area contributed by atoms with E-state index in [4.69, 9.17) is 5.73 Å². The molecule has 1 aliphatic rings. The Hall–Kier alpha value is -2.57. The SMILES string of the molecule is Cc1nn(C)c(C)c1CCN=C(N)N1CCN(c2ccc(F)cc2)CC1.